The number of nitrogens with zero attached hydrogens (tertiary/aromatic N) is 2. The van der Waals surface area contributed by atoms with Crippen LogP contribution in [0.25, 0.3) is 5.76 Å². The fraction of sp³-hybridized carbons (Fsp3) is 0.391. The zero-order valence-electron chi connectivity index (χ0n) is 18.1. The molecule has 1 amide bonds. The lowest BCUT2D eigenvalue weighted by molar-refractivity contribution is -0.140. The number of furan rings is 1. The number of aliphatic hydroxyl groups is 1. The van der Waals surface area contributed by atoms with Gasteiger partial charge in [-0.1, -0.05) is 0 Å². The number of carbonyl (C=O) groups is 2. The van der Waals surface area contributed by atoms with E-state index in [-0.39, 0.29) is 11.3 Å². The van der Waals surface area contributed by atoms with E-state index < -0.39 is 17.7 Å². The first-order chi connectivity index (χ1) is 15.5. The summed E-state index contributed by atoms with van der Waals surface area (Å²) in [5, 5.41) is 11.1. The van der Waals surface area contributed by atoms with Crippen molar-refractivity contribution in [2.24, 2.45) is 0 Å². The highest BCUT2D eigenvalue weighted by molar-refractivity contribution is 6.46. The first-order valence-corrected chi connectivity index (χ1v) is 10.4. The van der Waals surface area contributed by atoms with Crippen LogP contribution in [0.4, 0.5) is 0 Å². The smallest absolute Gasteiger partial charge is 0.295 e. The Labute approximate surface area is 185 Å². The summed E-state index contributed by atoms with van der Waals surface area (Å²) in [6.45, 7) is 3.71. The van der Waals surface area contributed by atoms with Gasteiger partial charge < -0.3 is 28.6 Å². The van der Waals surface area contributed by atoms with Crippen LogP contribution in [0.2, 0.25) is 0 Å². The van der Waals surface area contributed by atoms with Gasteiger partial charge in [0.25, 0.3) is 11.7 Å². The summed E-state index contributed by atoms with van der Waals surface area (Å²) in [6, 6.07) is 7.36. The van der Waals surface area contributed by atoms with Gasteiger partial charge in [-0.25, -0.2) is 0 Å². The van der Waals surface area contributed by atoms with Crippen LogP contribution in [0.1, 0.15) is 17.4 Å². The molecule has 0 bridgehead atoms. The van der Waals surface area contributed by atoms with Crippen LogP contribution in [0.3, 0.4) is 0 Å². The Morgan fingerprint density at radius 2 is 1.84 bits per heavy atom. The topological polar surface area (TPSA) is 102 Å². The Morgan fingerprint density at radius 1 is 1.09 bits per heavy atom. The maximum absolute atomic E-state index is 13.0. The van der Waals surface area contributed by atoms with Gasteiger partial charge >= 0.3 is 0 Å². The van der Waals surface area contributed by atoms with Crippen molar-refractivity contribution in [1.29, 1.82) is 0 Å². The number of aliphatic hydroxyl groups excluding tert-OH is 1. The number of hydrogen-bond acceptors (Lipinski definition) is 8. The Bertz CT molecular complexity index is 1010. The second-order valence-corrected chi connectivity index (χ2v) is 7.53. The maximum atomic E-state index is 13.0. The monoisotopic (exact) mass is 442 g/mol. The molecule has 3 heterocycles. The van der Waals surface area contributed by atoms with Gasteiger partial charge in [-0.3, -0.25) is 14.5 Å². The Balaban J connectivity index is 1.71. The van der Waals surface area contributed by atoms with Crippen molar-refractivity contribution in [2.75, 3.05) is 53.6 Å². The van der Waals surface area contributed by atoms with Gasteiger partial charge in [-0.15, -0.1) is 0 Å². The summed E-state index contributed by atoms with van der Waals surface area (Å²) in [4.78, 5) is 29.6. The highest BCUT2D eigenvalue weighted by Crippen LogP contribution is 2.40. The highest BCUT2D eigenvalue weighted by atomic mass is 16.5. The van der Waals surface area contributed by atoms with Gasteiger partial charge in [0.15, 0.2) is 11.5 Å². The third-order valence-corrected chi connectivity index (χ3v) is 5.77. The summed E-state index contributed by atoms with van der Waals surface area (Å²) in [6.07, 6.45) is 1.48. The van der Waals surface area contributed by atoms with Crippen LogP contribution < -0.4 is 9.47 Å². The molecule has 1 aromatic heterocycles. The maximum Gasteiger partial charge on any atom is 0.295 e. The van der Waals surface area contributed by atoms with Crippen molar-refractivity contribution in [3.05, 3.63) is 53.5 Å². The zero-order chi connectivity index (χ0) is 22.7. The predicted molar refractivity (Wildman–Crippen MR) is 115 cm³/mol. The quantitative estimate of drug-likeness (QED) is 0.395. The largest absolute Gasteiger partial charge is 0.507 e. The molecule has 2 saturated heterocycles. The van der Waals surface area contributed by atoms with Crippen LogP contribution in [0.15, 0.2) is 46.6 Å². The van der Waals surface area contributed by atoms with E-state index in [0.29, 0.717) is 49.1 Å². The summed E-state index contributed by atoms with van der Waals surface area (Å²) < 4.78 is 21.5. The molecule has 0 saturated carbocycles. The second-order valence-electron chi connectivity index (χ2n) is 7.53. The van der Waals surface area contributed by atoms with Gasteiger partial charge in [0, 0.05) is 31.7 Å². The summed E-state index contributed by atoms with van der Waals surface area (Å²) in [5.41, 5.74) is 0.324. The van der Waals surface area contributed by atoms with Crippen molar-refractivity contribution in [3.8, 4) is 11.5 Å². The molecule has 1 aromatic carbocycles. The third kappa shape index (κ3) is 4.09. The minimum atomic E-state index is -0.820. The number of ether oxygens (including phenoxy) is 3. The number of likely N-dealkylation sites (tertiary alicyclic amines) is 1. The van der Waals surface area contributed by atoms with Gasteiger partial charge in [0.1, 0.15) is 17.6 Å². The number of amides is 1. The molecule has 0 radical (unpaired) electrons. The van der Waals surface area contributed by atoms with Crippen LogP contribution in [-0.2, 0) is 14.3 Å². The minimum Gasteiger partial charge on any atom is -0.507 e. The van der Waals surface area contributed by atoms with Crippen molar-refractivity contribution in [2.45, 2.75) is 6.04 Å². The van der Waals surface area contributed by atoms with E-state index in [0.717, 1.165) is 13.1 Å². The van der Waals surface area contributed by atoms with E-state index in [4.69, 9.17) is 18.6 Å². The van der Waals surface area contributed by atoms with Crippen molar-refractivity contribution < 1.29 is 33.3 Å². The molecule has 4 rings (SSSR count). The average molecular weight is 442 g/mol. The van der Waals surface area contributed by atoms with E-state index in [2.05, 4.69) is 4.90 Å². The average Bonchev–Trinajstić information content (AvgIpc) is 3.44. The van der Waals surface area contributed by atoms with E-state index in [1.807, 2.05) is 0 Å². The molecule has 2 aliphatic heterocycles. The van der Waals surface area contributed by atoms with Crippen molar-refractivity contribution >= 4 is 17.4 Å². The van der Waals surface area contributed by atoms with Crippen LogP contribution in [0.5, 0.6) is 11.5 Å². The number of ketones is 1. The molecule has 0 aliphatic carbocycles. The first kappa shape index (κ1) is 21.9. The van der Waals surface area contributed by atoms with Crippen LogP contribution in [-0.4, -0.2) is 80.2 Å². The van der Waals surface area contributed by atoms with E-state index in [1.165, 1.54) is 25.4 Å². The normalized spacial score (nSPS) is 21.2. The lowest BCUT2D eigenvalue weighted by atomic mass is 9.99. The molecular formula is C23H26N2O7. The first-order valence-electron chi connectivity index (χ1n) is 10.4. The molecule has 32 heavy (non-hydrogen) atoms. The molecule has 2 fully saturated rings. The zero-order valence-corrected chi connectivity index (χ0v) is 18.1. The molecule has 9 heteroatoms. The fourth-order valence-corrected chi connectivity index (χ4v) is 4.07. The molecular weight excluding hydrogens is 416 g/mol. The second kappa shape index (κ2) is 9.46. The molecule has 1 unspecified atom stereocenters. The SMILES string of the molecule is COc1ccc(/C(O)=C2/C(=O)C(=O)N(CCN3CCOCC3)C2c2ccco2)cc1OC. The standard InChI is InChI=1S/C23H26N2O7/c1-29-16-6-5-15(14-18(16)30-2)21(26)19-20(17-4-3-11-32-17)25(23(28)22(19)27)8-7-24-9-12-31-13-10-24/h3-6,11,14,20,26H,7-10,12-13H2,1-2H3/b21-19-. The van der Waals surface area contributed by atoms with Gasteiger partial charge in [0.05, 0.1) is 39.3 Å². The summed E-state index contributed by atoms with van der Waals surface area (Å²) >= 11 is 0. The number of benzene rings is 1. The summed E-state index contributed by atoms with van der Waals surface area (Å²) in [7, 11) is 2.99. The Kier molecular flexibility index (Phi) is 6.48. The number of hydrogen-bond donors (Lipinski definition) is 1. The minimum absolute atomic E-state index is 0.0147. The van der Waals surface area contributed by atoms with Gasteiger partial charge in [0.2, 0.25) is 0 Å². The van der Waals surface area contributed by atoms with Crippen LogP contribution >= 0.6 is 0 Å². The Morgan fingerprint density at radius 3 is 2.50 bits per heavy atom. The molecule has 170 valence electrons. The highest BCUT2D eigenvalue weighted by Gasteiger charge is 2.47. The van der Waals surface area contributed by atoms with E-state index >= 15 is 0 Å². The molecule has 2 aromatic rings. The molecule has 2 aliphatic rings. The van der Waals surface area contributed by atoms with Gasteiger partial charge in [-0.05, 0) is 30.3 Å². The van der Waals surface area contributed by atoms with Gasteiger partial charge in [-0.2, -0.15) is 0 Å². The fourth-order valence-electron chi connectivity index (χ4n) is 4.07. The third-order valence-electron chi connectivity index (χ3n) is 5.77. The van der Waals surface area contributed by atoms with Crippen LogP contribution in [0, 0.1) is 0 Å². The number of rotatable bonds is 7. The molecule has 0 spiro atoms. The number of carbonyl (C=O) groups excluding carboxylic acids is 2. The summed E-state index contributed by atoms with van der Waals surface area (Å²) in [5.74, 6) is -0.416. The number of morpholine rings is 1. The Hall–Kier alpha value is -3.30. The van der Waals surface area contributed by atoms with Crippen molar-refractivity contribution in [1.82, 2.24) is 9.80 Å². The molecule has 9 nitrogen and oxygen atoms in total. The van der Waals surface area contributed by atoms with E-state index in [9.17, 15) is 14.7 Å². The molecule has 1 atom stereocenters. The van der Waals surface area contributed by atoms with E-state index in [1.54, 1.807) is 30.3 Å². The molecule has 1 N–H and O–H groups in total. The number of Topliss-reactive ketones (excluding diaryl/α,β-unsaturated/α-hetero) is 1. The predicted octanol–water partition coefficient (Wildman–Crippen LogP) is 2.05. The lowest BCUT2D eigenvalue weighted by Crippen LogP contribution is -2.42. The number of methoxy groups -OCH3 is 2. The van der Waals surface area contributed by atoms with Crippen molar-refractivity contribution in [3.63, 3.8) is 0 Å². The lowest BCUT2D eigenvalue weighted by Gasteiger charge is -2.30.